The first kappa shape index (κ1) is 27.9. The summed E-state index contributed by atoms with van der Waals surface area (Å²) in [5, 5.41) is 0. The monoisotopic (exact) mass is 472 g/mol. The molecule has 6 nitrogen and oxygen atoms in total. The summed E-state index contributed by atoms with van der Waals surface area (Å²) in [5.41, 5.74) is 0. The van der Waals surface area contributed by atoms with Crippen molar-refractivity contribution >= 4 is 30.8 Å². The van der Waals surface area contributed by atoms with Crippen molar-refractivity contribution in [2.24, 2.45) is 5.92 Å². The molecule has 1 aliphatic carbocycles. The van der Waals surface area contributed by atoms with E-state index in [9.17, 15) is 4.79 Å². The lowest BCUT2D eigenvalue weighted by Gasteiger charge is -2.45. The second kappa shape index (κ2) is 13.4. The van der Waals surface area contributed by atoms with Gasteiger partial charge in [0.25, 0.3) is 0 Å². The Morgan fingerprint density at radius 3 is 2.13 bits per heavy atom. The van der Waals surface area contributed by atoms with Crippen LogP contribution in [0.5, 0.6) is 0 Å². The third-order valence-electron chi connectivity index (χ3n) is 6.44. The Hall–Kier alpha value is -0.180. The molecule has 178 valence electrons. The van der Waals surface area contributed by atoms with E-state index < -0.39 is 12.0 Å². The third-order valence-corrected chi connectivity index (χ3v) is 6.44. The van der Waals surface area contributed by atoms with Crippen LogP contribution in [-0.2, 0) is 19.0 Å². The highest BCUT2D eigenvalue weighted by Gasteiger charge is 2.51. The lowest BCUT2D eigenvalue weighted by Crippen LogP contribution is -2.62. The highest BCUT2D eigenvalue weighted by Crippen LogP contribution is 2.36. The quantitative estimate of drug-likeness (QED) is 0.375. The maximum Gasteiger partial charge on any atom is 0.308 e. The average Bonchev–Trinajstić information content (AvgIpc) is 3.41. The fourth-order valence-electron chi connectivity index (χ4n) is 4.93. The number of halogens is 3. The molecule has 3 aliphatic rings. The van der Waals surface area contributed by atoms with Gasteiger partial charge in [-0.3, -0.25) is 14.6 Å². The van der Waals surface area contributed by atoms with Gasteiger partial charge in [-0.25, -0.2) is 4.39 Å². The summed E-state index contributed by atoms with van der Waals surface area (Å²) in [4.78, 5) is 16.1. The number of hydrogen-bond donors (Lipinski definition) is 0. The van der Waals surface area contributed by atoms with Gasteiger partial charge in [0.15, 0.2) is 6.23 Å². The first-order valence-electron chi connectivity index (χ1n) is 11.1. The fraction of sp³-hybridized carbons (Fsp3) is 0.952. The number of esters is 1. The Morgan fingerprint density at radius 2 is 1.60 bits per heavy atom. The second-order valence-corrected chi connectivity index (χ2v) is 8.40. The van der Waals surface area contributed by atoms with E-state index >= 15 is 4.39 Å². The topological polar surface area (TPSA) is 51.2 Å². The number of rotatable bonds is 9. The molecule has 0 N–H and O–H groups in total. The molecule has 0 radical (unpaired) electrons. The summed E-state index contributed by atoms with van der Waals surface area (Å²) in [5.74, 6) is -1.78. The van der Waals surface area contributed by atoms with Gasteiger partial charge >= 0.3 is 5.97 Å². The fourth-order valence-corrected chi connectivity index (χ4v) is 4.93. The standard InChI is InChI=1S/C21H37FN2O4.2ClH/c1-3-27-19(25)17-8-10-18(11-9-17)28-20(23-12-4-5-13-23)21(22,16-26-2)24-14-6-7-15-24;;/h17-18,20H,3-16H2,1-2H3;2*1H/t17?,18?,20-,21+;;/m0../s1. The van der Waals surface area contributed by atoms with Crippen LogP contribution in [0.3, 0.4) is 0 Å². The van der Waals surface area contributed by atoms with Crippen molar-refractivity contribution in [1.29, 1.82) is 0 Å². The van der Waals surface area contributed by atoms with Crippen LogP contribution in [0.2, 0.25) is 0 Å². The molecule has 2 atom stereocenters. The molecule has 2 saturated heterocycles. The van der Waals surface area contributed by atoms with E-state index in [0.717, 1.165) is 77.5 Å². The number of carbonyl (C=O) groups excluding carboxylic acids is 1. The molecule has 0 amide bonds. The molecular weight excluding hydrogens is 434 g/mol. The van der Waals surface area contributed by atoms with Crippen molar-refractivity contribution in [3.63, 3.8) is 0 Å². The van der Waals surface area contributed by atoms with E-state index in [0.29, 0.717) is 6.61 Å². The van der Waals surface area contributed by atoms with E-state index in [4.69, 9.17) is 14.2 Å². The summed E-state index contributed by atoms with van der Waals surface area (Å²) in [6, 6.07) is 0. The molecule has 3 fully saturated rings. The van der Waals surface area contributed by atoms with Crippen LogP contribution in [0.15, 0.2) is 0 Å². The van der Waals surface area contributed by atoms with Crippen molar-refractivity contribution in [3.8, 4) is 0 Å². The average molecular weight is 473 g/mol. The Morgan fingerprint density at radius 1 is 1.03 bits per heavy atom. The minimum absolute atomic E-state index is 0. The predicted molar refractivity (Wildman–Crippen MR) is 119 cm³/mol. The zero-order valence-corrected chi connectivity index (χ0v) is 20.0. The SMILES string of the molecule is CCOC(=O)C1CCC(O[C@H](N2CCCC2)[C@@](F)(COC)N2CCCC2)CC1.Cl.Cl. The molecule has 30 heavy (non-hydrogen) atoms. The van der Waals surface area contributed by atoms with E-state index in [1.165, 1.54) is 0 Å². The highest BCUT2D eigenvalue weighted by molar-refractivity contribution is 5.85. The van der Waals surface area contributed by atoms with Gasteiger partial charge in [0.05, 0.1) is 25.2 Å². The zero-order chi connectivity index (χ0) is 20.0. The molecule has 0 unspecified atom stereocenters. The molecular formula is C21H39Cl2FN2O4. The lowest BCUT2D eigenvalue weighted by molar-refractivity contribution is -0.236. The van der Waals surface area contributed by atoms with Crippen LogP contribution in [0.1, 0.15) is 58.3 Å². The van der Waals surface area contributed by atoms with Crippen molar-refractivity contribution in [2.45, 2.75) is 76.4 Å². The first-order chi connectivity index (χ1) is 13.6. The van der Waals surface area contributed by atoms with Gasteiger partial charge in [0, 0.05) is 33.3 Å². The number of alkyl halides is 1. The molecule has 2 heterocycles. The Balaban J connectivity index is 0.00000225. The number of nitrogens with zero attached hydrogens (tertiary/aromatic N) is 2. The van der Waals surface area contributed by atoms with Crippen LogP contribution in [0.4, 0.5) is 4.39 Å². The molecule has 0 spiro atoms. The number of ether oxygens (including phenoxy) is 3. The van der Waals surface area contributed by atoms with Gasteiger partial charge in [-0.1, -0.05) is 0 Å². The molecule has 1 saturated carbocycles. The normalized spacial score (nSPS) is 28.2. The number of likely N-dealkylation sites (tertiary alicyclic amines) is 2. The number of carbonyl (C=O) groups is 1. The summed E-state index contributed by atoms with van der Waals surface area (Å²) in [6.45, 7) is 5.52. The summed E-state index contributed by atoms with van der Waals surface area (Å²) in [6.07, 6.45) is 6.63. The van der Waals surface area contributed by atoms with Gasteiger partial charge in [0.1, 0.15) is 0 Å². The van der Waals surface area contributed by atoms with E-state index in [1.807, 2.05) is 11.8 Å². The van der Waals surface area contributed by atoms with E-state index in [1.54, 1.807) is 7.11 Å². The third kappa shape index (κ3) is 6.66. The Kier molecular flexibility index (Phi) is 12.4. The second-order valence-electron chi connectivity index (χ2n) is 8.40. The van der Waals surface area contributed by atoms with Crippen molar-refractivity contribution < 1.29 is 23.4 Å². The number of hydrogen-bond acceptors (Lipinski definition) is 6. The van der Waals surface area contributed by atoms with Crippen LogP contribution >= 0.6 is 24.8 Å². The maximum absolute atomic E-state index is 16.4. The van der Waals surface area contributed by atoms with Crippen molar-refractivity contribution in [3.05, 3.63) is 0 Å². The van der Waals surface area contributed by atoms with Crippen LogP contribution < -0.4 is 0 Å². The minimum Gasteiger partial charge on any atom is -0.466 e. The largest absolute Gasteiger partial charge is 0.466 e. The van der Waals surface area contributed by atoms with E-state index in [-0.39, 0.29) is 49.4 Å². The molecule has 3 rings (SSSR count). The maximum atomic E-state index is 16.4. The van der Waals surface area contributed by atoms with Gasteiger partial charge in [-0.15, -0.1) is 24.8 Å². The van der Waals surface area contributed by atoms with Crippen LogP contribution in [-0.4, -0.2) is 80.4 Å². The molecule has 0 aromatic heterocycles. The van der Waals surface area contributed by atoms with Gasteiger partial charge in [0.2, 0.25) is 5.79 Å². The smallest absolute Gasteiger partial charge is 0.308 e. The van der Waals surface area contributed by atoms with E-state index in [2.05, 4.69) is 4.90 Å². The molecule has 2 aliphatic heterocycles. The first-order valence-corrected chi connectivity index (χ1v) is 11.1. The predicted octanol–water partition coefficient (Wildman–Crippen LogP) is 3.80. The Bertz CT molecular complexity index is 499. The van der Waals surface area contributed by atoms with Crippen LogP contribution in [0, 0.1) is 5.92 Å². The van der Waals surface area contributed by atoms with Gasteiger partial charge in [-0.2, -0.15) is 0 Å². The summed E-state index contributed by atoms with van der Waals surface area (Å²) < 4.78 is 33.4. The molecule has 0 bridgehead atoms. The van der Waals surface area contributed by atoms with Crippen molar-refractivity contribution in [2.75, 3.05) is 46.5 Å². The van der Waals surface area contributed by atoms with Crippen molar-refractivity contribution in [1.82, 2.24) is 9.80 Å². The van der Waals surface area contributed by atoms with Crippen LogP contribution in [0.25, 0.3) is 0 Å². The number of methoxy groups -OCH3 is 1. The molecule has 0 aromatic rings. The zero-order valence-electron chi connectivity index (χ0n) is 18.4. The Labute approximate surface area is 193 Å². The lowest BCUT2D eigenvalue weighted by atomic mass is 9.87. The minimum atomic E-state index is -1.63. The summed E-state index contributed by atoms with van der Waals surface area (Å²) >= 11 is 0. The van der Waals surface area contributed by atoms with Gasteiger partial charge < -0.3 is 14.2 Å². The summed E-state index contributed by atoms with van der Waals surface area (Å²) in [7, 11) is 1.57. The molecule has 9 heteroatoms. The van der Waals surface area contributed by atoms with Gasteiger partial charge in [-0.05, 0) is 58.3 Å². The molecule has 0 aromatic carbocycles. The highest BCUT2D eigenvalue weighted by atomic mass is 35.5.